The topological polar surface area (TPSA) is 181 Å². The molecule has 13 heteroatoms. The number of alkyl carbamates (subject to hydrolysis) is 1. The van der Waals surface area contributed by atoms with Gasteiger partial charge in [-0.2, -0.15) is 0 Å². The number of hydrogen-bond acceptors (Lipinski definition) is 10. The standard InChI is InChI=1S/C19H22ClN7O5/c1-2-32-19(30)27-18(22)26-17(29)13-15(21)25-16(14(20)24-13)23-8-12(28)10-31-9-11-6-4-3-5-7-11/h3-7H,2,8-10H2,1H3,(H3,21,23,25)(H3,22,26,27,29,30). The van der Waals surface area contributed by atoms with Gasteiger partial charge in [-0.15, -0.1) is 0 Å². The second-order valence-corrected chi connectivity index (χ2v) is 6.50. The number of guanidine groups is 1. The third-order valence-electron chi connectivity index (χ3n) is 3.66. The van der Waals surface area contributed by atoms with Crippen molar-refractivity contribution in [1.29, 1.82) is 5.41 Å². The van der Waals surface area contributed by atoms with Crippen LogP contribution in [0, 0.1) is 5.41 Å². The van der Waals surface area contributed by atoms with E-state index in [0.29, 0.717) is 6.61 Å². The van der Waals surface area contributed by atoms with Crippen molar-refractivity contribution in [3.8, 4) is 0 Å². The van der Waals surface area contributed by atoms with Crippen molar-refractivity contribution >= 4 is 47.0 Å². The highest BCUT2D eigenvalue weighted by atomic mass is 35.5. The molecule has 2 rings (SSSR count). The van der Waals surface area contributed by atoms with Crippen molar-refractivity contribution in [3.63, 3.8) is 0 Å². The molecule has 1 aromatic heterocycles. The number of nitrogens with one attached hydrogen (secondary N) is 4. The summed E-state index contributed by atoms with van der Waals surface area (Å²) in [5, 5.41) is 14.1. The number of aromatic nitrogens is 2. The molecule has 0 aliphatic rings. The minimum Gasteiger partial charge on any atom is -0.450 e. The molecule has 2 amide bonds. The summed E-state index contributed by atoms with van der Waals surface area (Å²) < 4.78 is 9.95. The quantitative estimate of drug-likeness (QED) is 0.270. The van der Waals surface area contributed by atoms with Crippen LogP contribution < -0.4 is 21.7 Å². The minimum absolute atomic E-state index is 0.00292. The lowest BCUT2D eigenvalue weighted by Crippen LogP contribution is -2.43. The van der Waals surface area contributed by atoms with E-state index in [1.165, 1.54) is 0 Å². The van der Waals surface area contributed by atoms with Gasteiger partial charge in [-0.1, -0.05) is 41.9 Å². The fourth-order valence-electron chi connectivity index (χ4n) is 2.27. The SMILES string of the molecule is CCOC(=O)NC(=N)NC(=O)c1nc(Cl)c(NCC(=O)COCc2ccccc2)nc1N. The largest absolute Gasteiger partial charge is 0.450 e. The Kier molecular flexibility index (Phi) is 9.32. The monoisotopic (exact) mass is 463 g/mol. The summed E-state index contributed by atoms with van der Waals surface area (Å²) in [7, 11) is 0. The minimum atomic E-state index is -0.921. The molecule has 1 heterocycles. The van der Waals surface area contributed by atoms with Crippen LogP contribution in [0.4, 0.5) is 16.4 Å². The van der Waals surface area contributed by atoms with Gasteiger partial charge in [0.15, 0.2) is 28.3 Å². The molecule has 32 heavy (non-hydrogen) atoms. The predicted octanol–water partition coefficient (Wildman–Crippen LogP) is 1.32. The van der Waals surface area contributed by atoms with Gasteiger partial charge in [0, 0.05) is 0 Å². The molecule has 0 radical (unpaired) electrons. The maximum Gasteiger partial charge on any atom is 0.413 e. The number of hydrogen-bond donors (Lipinski definition) is 5. The molecule has 0 saturated carbocycles. The number of carbonyl (C=O) groups is 3. The normalized spacial score (nSPS) is 10.2. The van der Waals surface area contributed by atoms with Crippen molar-refractivity contribution < 1.29 is 23.9 Å². The summed E-state index contributed by atoms with van der Waals surface area (Å²) in [4.78, 5) is 43.2. The first-order valence-corrected chi connectivity index (χ1v) is 9.71. The van der Waals surface area contributed by atoms with E-state index in [1.807, 2.05) is 35.6 Å². The van der Waals surface area contributed by atoms with E-state index in [-0.39, 0.29) is 48.0 Å². The molecule has 0 atom stereocenters. The zero-order valence-corrected chi connectivity index (χ0v) is 17.9. The molecular formula is C19H22ClN7O5. The first-order chi connectivity index (χ1) is 15.3. The average Bonchev–Trinajstić information content (AvgIpc) is 2.74. The van der Waals surface area contributed by atoms with E-state index in [4.69, 9.17) is 27.5 Å². The fourth-order valence-corrected chi connectivity index (χ4v) is 2.46. The third-order valence-corrected chi connectivity index (χ3v) is 3.93. The molecule has 6 N–H and O–H groups in total. The maximum atomic E-state index is 12.2. The molecular weight excluding hydrogens is 442 g/mol. The number of rotatable bonds is 9. The lowest BCUT2D eigenvalue weighted by Gasteiger charge is -2.11. The van der Waals surface area contributed by atoms with Crippen molar-refractivity contribution in [3.05, 3.63) is 46.7 Å². The van der Waals surface area contributed by atoms with Gasteiger partial charge in [-0.05, 0) is 12.5 Å². The van der Waals surface area contributed by atoms with Gasteiger partial charge in [0.25, 0.3) is 5.91 Å². The lowest BCUT2D eigenvalue weighted by molar-refractivity contribution is -0.122. The Hall–Kier alpha value is -3.77. The maximum absolute atomic E-state index is 12.2. The molecule has 1 aromatic carbocycles. The van der Waals surface area contributed by atoms with E-state index in [0.717, 1.165) is 5.56 Å². The highest BCUT2D eigenvalue weighted by Crippen LogP contribution is 2.20. The van der Waals surface area contributed by atoms with E-state index < -0.39 is 18.0 Å². The first-order valence-electron chi connectivity index (χ1n) is 9.34. The number of nitrogens with zero attached hydrogens (tertiary/aromatic N) is 2. The third kappa shape index (κ3) is 7.81. The van der Waals surface area contributed by atoms with Crippen molar-refractivity contribution in [2.24, 2.45) is 0 Å². The van der Waals surface area contributed by atoms with Crippen LogP contribution in [0.2, 0.25) is 5.15 Å². The van der Waals surface area contributed by atoms with Crippen molar-refractivity contribution in [1.82, 2.24) is 20.6 Å². The second-order valence-electron chi connectivity index (χ2n) is 6.14. The van der Waals surface area contributed by atoms with Crippen molar-refractivity contribution in [2.45, 2.75) is 13.5 Å². The number of ether oxygens (including phenoxy) is 2. The molecule has 0 aliphatic heterocycles. The Morgan fingerprint density at radius 2 is 1.88 bits per heavy atom. The van der Waals surface area contributed by atoms with Gasteiger partial charge in [-0.25, -0.2) is 14.8 Å². The van der Waals surface area contributed by atoms with E-state index in [1.54, 1.807) is 6.92 Å². The summed E-state index contributed by atoms with van der Waals surface area (Å²) in [5.74, 6) is -2.13. The van der Waals surface area contributed by atoms with Gasteiger partial charge >= 0.3 is 6.09 Å². The number of anilines is 2. The number of amides is 2. The Bertz CT molecular complexity index is 988. The van der Waals surface area contributed by atoms with Gasteiger partial charge in [0.05, 0.1) is 19.8 Å². The second kappa shape index (κ2) is 12.2. The molecule has 0 unspecified atom stereocenters. The van der Waals surface area contributed by atoms with E-state index in [2.05, 4.69) is 25.3 Å². The van der Waals surface area contributed by atoms with Crippen LogP contribution in [0.5, 0.6) is 0 Å². The number of halogens is 1. The molecule has 0 spiro atoms. The Labute approximate surface area is 188 Å². The first kappa shape index (κ1) is 24.5. The van der Waals surface area contributed by atoms with Gasteiger partial charge in [0.1, 0.15) is 6.61 Å². The zero-order chi connectivity index (χ0) is 23.5. The van der Waals surface area contributed by atoms with Gasteiger partial charge < -0.3 is 20.5 Å². The fraction of sp³-hybridized carbons (Fsp3) is 0.263. The highest BCUT2D eigenvalue weighted by molar-refractivity contribution is 6.32. The molecule has 0 fully saturated rings. The van der Waals surface area contributed by atoms with Crippen LogP contribution in [-0.4, -0.2) is 53.5 Å². The molecule has 12 nitrogen and oxygen atoms in total. The summed E-state index contributed by atoms with van der Waals surface area (Å²) >= 11 is 6.02. The lowest BCUT2D eigenvalue weighted by atomic mass is 10.2. The zero-order valence-electron chi connectivity index (χ0n) is 17.1. The summed E-state index contributed by atoms with van der Waals surface area (Å²) in [6, 6.07) is 9.39. The summed E-state index contributed by atoms with van der Waals surface area (Å²) in [5.41, 5.74) is 6.31. The summed E-state index contributed by atoms with van der Waals surface area (Å²) in [6.07, 6.45) is -0.910. The molecule has 2 aromatic rings. The number of carbonyl (C=O) groups excluding carboxylic acids is 3. The Morgan fingerprint density at radius 1 is 1.16 bits per heavy atom. The molecule has 170 valence electrons. The number of benzene rings is 1. The van der Waals surface area contributed by atoms with E-state index in [9.17, 15) is 14.4 Å². The van der Waals surface area contributed by atoms with Crippen LogP contribution >= 0.6 is 11.6 Å². The molecule has 0 aliphatic carbocycles. The van der Waals surface area contributed by atoms with Crippen LogP contribution in [0.25, 0.3) is 0 Å². The summed E-state index contributed by atoms with van der Waals surface area (Å²) in [6.45, 7) is 1.70. The highest BCUT2D eigenvalue weighted by Gasteiger charge is 2.19. The predicted molar refractivity (Wildman–Crippen MR) is 116 cm³/mol. The van der Waals surface area contributed by atoms with Crippen LogP contribution in [0.15, 0.2) is 30.3 Å². The van der Waals surface area contributed by atoms with Gasteiger partial charge in [-0.3, -0.25) is 25.6 Å². The van der Waals surface area contributed by atoms with Gasteiger partial charge in [0.2, 0.25) is 5.96 Å². The Morgan fingerprint density at radius 3 is 2.56 bits per heavy atom. The average molecular weight is 464 g/mol. The Balaban J connectivity index is 1.87. The van der Waals surface area contributed by atoms with Crippen molar-refractivity contribution in [2.75, 3.05) is 30.8 Å². The smallest absolute Gasteiger partial charge is 0.413 e. The van der Waals surface area contributed by atoms with Crippen LogP contribution in [0.1, 0.15) is 23.0 Å². The number of ketones is 1. The van der Waals surface area contributed by atoms with E-state index >= 15 is 0 Å². The number of nitrogens with two attached hydrogens (primary N) is 1. The molecule has 0 bridgehead atoms. The van der Waals surface area contributed by atoms with Crippen LogP contribution in [0.3, 0.4) is 0 Å². The number of Topliss-reactive ketones (excluding diaryl/α,β-unsaturated/α-hetero) is 1. The number of nitrogen functional groups attached to an aromatic ring is 1. The molecule has 0 saturated heterocycles. The van der Waals surface area contributed by atoms with Crippen LogP contribution in [-0.2, 0) is 20.9 Å².